The van der Waals surface area contributed by atoms with Gasteiger partial charge in [0.05, 0.1) is 26.0 Å². The highest BCUT2D eigenvalue weighted by molar-refractivity contribution is 7.89. The molecule has 0 spiro atoms. The predicted molar refractivity (Wildman–Crippen MR) is 96.3 cm³/mol. The van der Waals surface area contributed by atoms with Gasteiger partial charge in [-0.3, -0.25) is 4.99 Å². The van der Waals surface area contributed by atoms with E-state index in [1.807, 2.05) is 30.3 Å². The number of ether oxygens (including phenoxy) is 2. The molecule has 132 valence electrons. The number of hydrogen-bond donors (Lipinski definition) is 0. The predicted octanol–water partition coefficient (Wildman–Crippen LogP) is 2.47. The number of hydrogen-bond acceptors (Lipinski definition) is 5. The average molecular weight is 360 g/mol. The van der Waals surface area contributed by atoms with Crippen LogP contribution in [0.4, 0.5) is 5.69 Å². The molecule has 0 radical (unpaired) electrons. The molecule has 7 heteroatoms. The Bertz CT molecular complexity index is 845. The fourth-order valence-electron chi connectivity index (χ4n) is 2.54. The summed E-state index contributed by atoms with van der Waals surface area (Å²) in [5.41, 5.74) is 1.28. The lowest BCUT2D eigenvalue weighted by Gasteiger charge is -2.26. The summed E-state index contributed by atoms with van der Waals surface area (Å²) >= 11 is 0. The number of rotatable bonds is 5. The number of sulfonamides is 1. The molecule has 1 aliphatic rings. The highest BCUT2D eigenvalue weighted by Crippen LogP contribution is 2.31. The van der Waals surface area contributed by atoms with Crippen LogP contribution in [0, 0.1) is 0 Å². The van der Waals surface area contributed by atoms with Crippen LogP contribution in [-0.2, 0) is 14.8 Å². The Hall–Kier alpha value is -2.22. The van der Waals surface area contributed by atoms with E-state index < -0.39 is 10.0 Å². The van der Waals surface area contributed by atoms with Crippen molar-refractivity contribution in [3.8, 4) is 5.75 Å². The fraction of sp³-hybridized carbons (Fsp3) is 0.278. The van der Waals surface area contributed by atoms with Gasteiger partial charge < -0.3 is 9.47 Å². The van der Waals surface area contributed by atoms with Crippen molar-refractivity contribution in [3.05, 3.63) is 54.1 Å². The Morgan fingerprint density at radius 2 is 1.84 bits per heavy atom. The van der Waals surface area contributed by atoms with Gasteiger partial charge in [-0.2, -0.15) is 4.31 Å². The molecular formula is C18H20N2O4S. The molecule has 1 saturated heterocycles. The molecule has 1 heterocycles. The Morgan fingerprint density at radius 1 is 1.12 bits per heavy atom. The van der Waals surface area contributed by atoms with E-state index in [-0.39, 0.29) is 4.90 Å². The van der Waals surface area contributed by atoms with Gasteiger partial charge >= 0.3 is 0 Å². The third-order valence-electron chi connectivity index (χ3n) is 3.91. The molecule has 0 aromatic heterocycles. The van der Waals surface area contributed by atoms with Crippen molar-refractivity contribution < 1.29 is 17.9 Å². The van der Waals surface area contributed by atoms with Crippen molar-refractivity contribution in [3.63, 3.8) is 0 Å². The summed E-state index contributed by atoms with van der Waals surface area (Å²) in [6.07, 6.45) is 1.65. The van der Waals surface area contributed by atoms with Crippen molar-refractivity contribution in [2.45, 2.75) is 4.90 Å². The molecule has 0 amide bonds. The van der Waals surface area contributed by atoms with Crippen molar-refractivity contribution in [1.82, 2.24) is 4.31 Å². The second kappa shape index (κ2) is 7.77. The highest BCUT2D eigenvalue weighted by atomic mass is 32.2. The number of morpholine rings is 1. The minimum Gasteiger partial charge on any atom is -0.497 e. The standard InChI is InChI=1S/C18H20N2O4S/c1-23-16-7-8-17(19-14-15-5-3-2-4-6-15)18(13-16)25(21,22)20-9-11-24-12-10-20/h2-8,13-14H,9-12H2,1H3. The number of nitrogens with zero attached hydrogens (tertiary/aromatic N) is 2. The van der Waals surface area contributed by atoms with Gasteiger partial charge in [-0.1, -0.05) is 30.3 Å². The number of aliphatic imine (C=N–C) groups is 1. The smallest absolute Gasteiger partial charge is 0.245 e. The summed E-state index contributed by atoms with van der Waals surface area (Å²) in [4.78, 5) is 4.54. The van der Waals surface area contributed by atoms with Crippen molar-refractivity contribution in [2.24, 2.45) is 4.99 Å². The maximum Gasteiger partial charge on any atom is 0.245 e. The van der Waals surface area contributed by atoms with Crippen LogP contribution in [0.2, 0.25) is 0 Å². The lowest BCUT2D eigenvalue weighted by atomic mass is 10.2. The lowest BCUT2D eigenvalue weighted by Crippen LogP contribution is -2.40. The van der Waals surface area contributed by atoms with E-state index in [1.54, 1.807) is 18.3 Å². The first-order chi connectivity index (χ1) is 12.1. The topological polar surface area (TPSA) is 68.2 Å². The first kappa shape index (κ1) is 17.6. The van der Waals surface area contributed by atoms with E-state index >= 15 is 0 Å². The first-order valence-electron chi connectivity index (χ1n) is 7.96. The third-order valence-corrected chi connectivity index (χ3v) is 5.83. The third kappa shape index (κ3) is 4.07. The average Bonchev–Trinajstić information content (AvgIpc) is 2.67. The number of benzene rings is 2. The minimum absolute atomic E-state index is 0.140. The SMILES string of the molecule is COc1ccc(N=Cc2ccccc2)c(S(=O)(=O)N2CCOCC2)c1. The maximum atomic E-state index is 13.0. The van der Waals surface area contributed by atoms with Gasteiger partial charge in [-0.05, 0) is 17.7 Å². The quantitative estimate of drug-likeness (QED) is 0.768. The molecule has 25 heavy (non-hydrogen) atoms. The van der Waals surface area contributed by atoms with Gasteiger partial charge in [-0.15, -0.1) is 0 Å². The molecule has 2 aromatic rings. The van der Waals surface area contributed by atoms with Gasteiger partial charge in [0.15, 0.2) is 0 Å². The van der Waals surface area contributed by atoms with Crippen molar-refractivity contribution >= 4 is 21.9 Å². The maximum absolute atomic E-state index is 13.0. The van der Waals surface area contributed by atoms with Crippen LogP contribution in [-0.4, -0.2) is 52.4 Å². The Balaban J connectivity index is 2.00. The van der Waals surface area contributed by atoms with Crippen molar-refractivity contribution in [2.75, 3.05) is 33.4 Å². The molecule has 0 N–H and O–H groups in total. The van der Waals surface area contributed by atoms with Crippen LogP contribution in [0.1, 0.15) is 5.56 Å². The Morgan fingerprint density at radius 3 is 2.52 bits per heavy atom. The van der Waals surface area contributed by atoms with Crippen LogP contribution in [0.15, 0.2) is 58.4 Å². The normalized spacial score (nSPS) is 16.2. The van der Waals surface area contributed by atoms with E-state index in [2.05, 4.69) is 4.99 Å². The van der Waals surface area contributed by atoms with Gasteiger partial charge in [0.2, 0.25) is 10.0 Å². The molecule has 0 unspecified atom stereocenters. The lowest BCUT2D eigenvalue weighted by molar-refractivity contribution is 0.0730. The second-order valence-electron chi connectivity index (χ2n) is 5.52. The molecule has 0 aliphatic carbocycles. The van der Waals surface area contributed by atoms with Gasteiger partial charge in [0.1, 0.15) is 10.6 Å². The highest BCUT2D eigenvalue weighted by Gasteiger charge is 2.29. The van der Waals surface area contributed by atoms with E-state index in [4.69, 9.17) is 9.47 Å². The molecule has 0 atom stereocenters. The molecule has 2 aromatic carbocycles. The molecule has 1 aliphatic heterocycles. The summed E-state index contributed by atoms with van der Waals surface area (Å²) in [5.74, 6) is 0.477. The summed E-state index contributed by atoms with van der Waals surface area (Å²) in [6.45, 7) is 1.46. The second-order valence-corrected chi connectivity index (χ2v) is 7.43. The zero-order valence-corrected chi connectivity index (χ0v) is 14.8. The largest absolute Gasteiger partial charge is 0.497 e. The first-order valence-corrected chi connectivity index (χ1v) is 9.40. The summed E-state index contributed by atoms with van der Waals surface area (Å²) in [6, 6.07) is 14.4. The van der Waals surface area contributed by atoms with E-state index in [9.17, 15) is 8.42 Å². The molecular weight excluding hydrogens is 340 g/mol. The van der Waals surface area contributed by atoms with Crippen LogP contribution in [0.25, 0.3) is 0 Å². The van der Waals surface area contributed by atoms with Crippen LogP contribution >= 0.6 is 0 Å². The van der Waals surface area contributed by atoms with E-state index in [0.717, 1.165) is 5.56 Å². The summed E-state index contributed by atoms with van der Waals surface area (Å²) in [5, 5.41) is 0. The molecule has 3 rings (SSSR count). The minimum atomic E-state index is -3.67. The van der Waals surface area contributed by atoms with Crippen molar-refractivity contribution in [1.29, 1.82) is 0 Å². The summed E-state index contributed by atoms with van der Waals surface area (Å²) in [7, 11) is -2.16. The summed E-state index contributed by atoms with van der Waals surface area (Å²) < 4.78 is 37.9. The zero-order valence-electron chi connectivity index (χ0n) is 14.0. The van der Waals surface area contributed by atoms with Crippen LogP contribution < -0.4 is 4.74 Å². The fourth-order valence-corrected chi connectivity index (χ4v) is 4.10. The van der Waals surface area contributed by atoms with Gasteiger partial charge in [-0.25, -0.2) is 8.42 Å². The number of methoxy groups -OCH3 is 1. The van der Waals surface area contributed by atoms with Gasteiger partial charge in [0, 0.05) is 25.4 Å². The Kier molecular flexibility index (Phi) is 5.47. The van der Waals surface area contributed by atoms with E-state index in [1.165, 1.54) is 17.5 Å². The molecule has 1 fully saturated rings. The molecule has 6 nitrogen and oxygen atoms in total. The van der Waals surface area contributed by atoms with Crippen LogP contribution in [0.5, 0.6) is 5.75 Å². The van der Waals surface area contributed by atoms with Crippen LogP contribution in [0.3, 0.4) is 0 Å². The molecule has 0 bridgehead atoms. The Labute approximate surface area is 147 Å². The molecule has 0 saturated carbocycles. The monoisotopic (exact) mass is 360 g/mol. The van der Waals surface area contributed by atoms with E-state index in [0.29, 0.717) is 37.7 Å². The zero-order chi connectivity index (χ0) is 17.7. The van der Waals surface area contributed by atoms with Gasteiger partial charge in [0.25, 0.3) is 0 Å².